The Morgan fingerprint density at radius 1 is 1.40 bits per heavy atom. The molecule has 110 valence electrons. The first-order chi connectivity index (χ1) is 9.60. The molecule has 0 saturated heterocycles. The number of hydrogen-bond donors (Lipinski definition) is 2. The van der Waals surface area contributed by atoms with Crippen LogP contribution in [0.2, 0.25) is 0 Å². The van der Waals surface area contributed by atoms with E-state index in [1.165, 1.54) is 25.5 Å². The van der Waals surface area contributed by atoms with Gasteiger partial charge in [0, 0.05) is 13.1 Å². The number of nitrogens with zero attached hydrogens (tertiary/aromatic N) is 3. The van der Waals surface area contributed by atoms with Crippen molar-refractivity contribution in [3.8, 4) is 0 Å². The van der Waals surface area contributed by atoms with E-state index in [-0.39, 0.29) is 11.1 Å². The molecule has 2 rings (SSSR count). The minimum atomic E-state index is -0.447. The van der Waals surface area contributed by atoms with E-state index in [1.807, 2.05) is 6.92 Å². The quantitative estimate of drug-likeness (QED) is 0.589. The monoisotopic (exact) mass is 279 g/mol. The van der Waals surface area contributed by atoms with E-state index in [4.69, 9.17) is 0 Å². The van der Waals surface area contributed by atoms with Gasteiger partial charge in [0.2, 0.25) is 11.8 Å². The molecule has 1 heterocycles. The first kappa shape index (κ1) is 14.5. The molecule has 0 bridgehead atoms. The fourth-order valence-corrected chi connectivity index (χ4v) is 2.49. The minimum Gasteiger partial charge on any atom is -0.364 e. The van der Waals surface area contributed by atoms with Gasteiger partial charge in [0.25, 0.3) is 0 Å². The Morgan fingerprint density at radius 2 is 2.15 bits per heavy atom. The highest BCUT2D eigenvalue weighted by Gasteiger charge is 2.35. The number of nitrogens with one attached hydrogen (secondary N) is 2. The minimum absolute atomic E-state index is 0.0720. The van der Waals surface area contributed by atoms with Crippen LogP contribution in [-0.2, 0) is 0 Å². The Morgan fingerprint density at radius 3 is 2.65 bits per heavy atom. The summed E-state index contributed by atoms with van der Waals surface area (Å²) in [4.78, 5) is 18.7. The fraction of sp³-hybridized carbons (Fsp3) is 0.692. The van der Waals surface area contributed by atoms with Crippen LogP contribution in [0.3, 0.4) is 0 Å². The highest BCUT2D eigenvalue weighted by Crippen LogP contribution is 2.43. The maximum Gasteiger partial charge on any atom is 0.329 e. The molecule has 0 aliphatic heterocycles. The second-order valence-corrected chi connectivity index (χ2v) is 5.28. The van der Waals surface area contributed by atoms with Crippen LogP contribution in [-0.4, -0.2) is 28.0 Å². The standard InChI is InChI=1S/C13H21N5O2/c1-3-13(6-5-7-13)9-16-11-10(18(19)20)8-15-12(17-11)14-4-2/h8H,3-7,9H2,1-2H3,(H2,14,15,16,17). The van der Waals surface area contributed by atoms with Crippen molar-refractivity contribution in [1.82, 2.24) is 9.97 Å². The first-order valence-electron chi connectivity index (χ1n) is 7.09. The zero-order valence-corrected chi connectivity index (χ0v) is 12.0. The molecular weight excluding hydrogens is 258 g/mol. The lowest BCUT2D eigenvalue weighted by Gasteiger charge is -2.41. The highest BCUT2D eigenvalue weighted by molar-refractivity contribution is 5.57. The number of anilines is 2. The molecule has 0 spiro atoms. The molecule has 1 aliphatic rings. The summed E-state index contributed by atoms with van der Waals surface area (Å²) in [5.41, 5.74) is 0.203. The van der Waals surface area contributed by atoms with Gasteiger partial charge in [0.15, 0.2) is 0 Å². The van der Waals surface area contributed by atoms with Gasteiger partial charge in [0.05, 0.1) is 4.92 Å². The molecule has 0 amide bonds. The molecule has 0 radical (unpaired) electrons. The van der Waals surface area contributed by atoms with E-state index in [0.29, 0.717) is 18.3 Å². The van der Waals surface area contributed by atoms with E-state index in [2.05, 4.69) is 27.5 Å². The van der Waals surface area contributed by atoms with E-state index in [0.717, 1.165) is 13.0 Å². The van der Waals surface area contributed by atoms with Crippen LogP contribution in [0.1, 0.15) is 39.5 Å². The average molecular weight is 279 g/mol. The van der Waals surface area contributed by atoms with E-state index >= 15 is 0 Å². The molecule has 1 aromatic rings. The van der Waals surface area contributed by atoms with Crippen molar-refractivity contribution in [2.75, 3.05) is 23.7 Å². The van der Waals surface area contributed by atoms with Crippen molar-refractivity contribution in [3.05, 3.63) is 16.3 Å². The largest absolute Gasteiger partial charge is 0.364 e. The molecule has 20 heavy (non-hydrogen) atoms. The summed E-state index contributed by atoms with van der Waals surface area (Å²) >= 11 is 0. The van der Waals surface area contributed by atoms with Gasteiger partial charge in [-0.25, -0.2) is 4.98 Å². The van der Waals surface area contributed by atoms with Crippen LogP contribution in [0.4, 0.5) is 17.5 Å². The fourth-order valence-electron chi connectivity index (χ4n) is 2.49. The van der Waals surface area contributed by atoms with Crippen LogP contribution >= 0.6 is 0 Å². The molecular formula is C13H21N5O2. The highest BCUT2D eigenvalue weighted by atomic mass is 16.6. The first-order valence-corrected chi connectivity index (χ1v) is 7.09. The molecule has 1 saturated carbocycles. The van der Waals surface area contributed by atoms with Gasteiger partial charge in [-0.05, 0) is 31.6 Å². The van der Waals surface area contributed by atoms with E-state index in [1.54, 1.807) is 0 Å². The van der Waals surface area contributed by atoms with Crippen LogP contribution in [0.15, 0.2) is 6.20 Å². The van der Waals surface area contributed by atoms with Crippen molar-refractivity contribution in [2.45, 2.75) is 39.5 Å². The van der Waals surface area contributed by atoms with E-state index in [9.17, 15) is 10.1 Å². The van der Waals surface area contributed by atoms with Gasteiger partial charge in [0.1, 0.15) is 6.20 Å². The zero-order chi connectivity index (χ0) is 14.6. The second kappa shape index (κ2) is 6.02. The maximum atomic E-state index is 11.0. The summed E-state index contributed by atoms with van der Waals surface area (Å²) in [5, 5.41) is 17.2. The summed E-state index contributed by atoms with van der Waals surface area (Å²) < 4.78 is 0. The van der Waals surface area contributed by atoms with Gasteiger partial charge in [-0.3, -0.25) is 10.1 Å². The molecule has 2 N–H and O–H groups in total. The van der Waals surface area contributed by atoms with Gasteiger partial charge >= 0.3 is 5.69 Å². The lowest BCUT2D eigenvalue weighted by molar-refractivity contribution is -0.384. The molecule has 0 atom stereocenters. The smallest absolute Gasteiger partial charge is 0.329 e. The number of hydrogen-bond acceptors (Lipinski definition) is 6. The van der Waals surface area contributed by atoms with Crippen molar-refractivity contribution < 1.29 is 4.92 Å². The predicted octanol–water partition coefficient (Wildman–Crippen LogP) is 2.81. The topological polar surface area (TPSA) is 93.0 Å². The SMILES string of the molecule is CCNc1ncc([N+](=O)[O-])c(NCC2(CC)CCC2)n1. The Bertz CT molecular complexity index is 482. The Balaban J connectivity index is 2.14. The third kappa shape index (κ3) is 2.97. The summed E-state index contributed by atoms with van der Waals surface area (Å²) in [6.45, 7) is 5.50. The van der Waals surface area contributed by atoms with Crippen molar-refractivity contribution >= 4 is 17.5 Å². The van der Waals surface area contributed by atoms with Crippen molar-refractivity contribution in [1.29, 1.82) is 0 Å². The number of aromatic nitrogens is 2. The molecule has 0 aromatic carbocycles. The molecule has 7 nitrogen and oxygen atoms in total. The van der Waals surface area contributed by atoms with Gasteiger partial charge in [-0.1, -0.05) is 13.3 Å². The van der Waals surface area contributed by atoms with Gasteiger partial charge in [-0.2, -0.15) is 4.98 Å². The Labute approximate surface area is 118 Å². The van der Waals surface area contributed by atoms with Crippen LogP contribution in [0.25, 0.3) is 0 Å². The van der Waals surface area contributed by atoms with Crippen LogP contribution < -0.4 is 10.6 Å². The summed E-state index contributed by atoms with van der Waals surface area (Å²) in [6, 6.07) is 0. The van der Waals surface area contributed by atoms with Gasteiger partial charge < -0.3 is 10.6 Å². The lowest BCUT2D eigenvalue weighted by Crippen LogP contribution is -2.36. The second-order valence-electron chi connectivity index (χ2n) is 5.28. The van der Waals surface area contributed by atoms with Crippen molar-refractivity contribution in [2.24, 2.45) is 5.41 Å². The third-order valence-electron chi connectivity index (χ3n) is 4.10. The van der Waals surface area contributed by atoms with Gasteiger partial charge in [-0.15, -0.1) is 0 Å². The molecule has 1 aliphatic carbocycles. The molecule has 0 unspecified atom stereocenters. The normalized spacial score (nSPS) is 16.3. The average Bonchev–Trinajstić information content (AvgIpc) is 2.38. The Kier molecular flexibility index (Phi) is 4.36. The molecule has 1 fully saturated rings. The zero-order valence-electron chi connectivity index (χ0n) is 12.0. The van der Waals surface area contributed by atoms with Crippen LogP contribution in [0.5, 0.6) is 0 Å². The summed E-state index contributed by atoms with van der Waals surface area (Å²) in [6.07, 6.45) is 5.93. The third-order valence-corrected chi connectivity index (χ3v) is 4.10. The number of rotatable bonds is 7. The maximum absolute atomic E-state index is 11.0. The van der Waals surface area contributed by atoms with Crippen LogP contribution in [0, 0.1) is 15.5 Å². The number of nitro groups is 1. The Hall–Kier alpha value is -1.92. The summed E-state index contributed by atoms with van der Waals surface area (Å²) in [7, 11) is 0. The van der Waals surface area contributed by atoms with Crippen molar-refractivity contribution in [3.63, 3.8) is 0 Å². The lowest BCUT2D eigenvalue weighted by atomic mass is 9.67. The molecule has 7 heteroatoms. The molecule has 1 aromatic heterocycles. The predicted molar refractivity (Wildman–Crippen MR) is 77.9 cm³/mol. The van der Waals surface area contributed by atoms with E-state index < -0.39 is 4.92 Å². The summed E-state index contributed by atoms with van der Waals surface area (Å²) in [5.74, 6) is 0.723.